The Morgan fingerprint density at radius 2 is 1.70 bits per heavy atom. The molecule has 0 aliphatic rings. The normalized spacial score (nSPS) is 7.30. The second-order valence-corrected chi connectivity index (χ2v) is 3.09. The van der Waals surface area contributed by atoms with E-state index >= 15 is 0 Å². The molecule has 0 fully saturated rings. The van der Waals surface area contributed by atoms with Crippen molar-refractivity contribution in [1.82, 2.24) is 0 Å². The van der Waals surface area contributed by atoms with Gasteiger partial charge in [0.1, 0.15) is 0 Å². The molecule has 51 valence electrons. The molecular weight excluding hydrogens is 237 g/mol. The van der Waals surface area contributed by atoms with Gasteiger partial charge in [0.25, 0.3) is 0 Å². The molecule has 0 aromatic heterocycles. The Labute approximate surface area is 72.1 Å². The zero-order valence-electron chi connectivity index (χ0n) is 5.15. The van der Waals surface area contributed by atoms with Crippen molar-refractivity contribution in [3.63, 3.8) is 0 Å². The maximum absolute atomic E-state index is 8.00. The summed E-state index contributed by atoms with van der Waals surface area (Å²) in [5, 5.41) is 9.00. The summed E-state index contributed by atoms with van der Waals surface area (Å²) >= 11 is 1.49. The van der Waals surface area contributed by atoms with Gasteiger partial charge in [-0.25, -0.2) is 0 Å². The molecule has 0 aliphatic heterocycles. The molecule has 1 aromatic carbocycles. The summed E-state index contributed by atoms with van der Waals surface area (Å²) in [6.07, 6.45) is 0. The van der Waals surface area contributed by atoms with Crippen LogP contribution in [0.25, 0.3) is 0 Å². The van der Waals surface area contributed by atoms with Crippen LogP contribution < -0.4 is 3.58 Å². The van der Waals surface area contributed by atoms with Crippen molar-refractivity contribution in [3.05, 3.63) is 40.4 Å². The zero-order chi connectivity index (χ0) is 7.82. The van der Waals surface area contributed by atoms with Crippen LogP contribution in [0.1, 0.15) is 0 Å². The standard InChI is InChI=1S/C6H5.HNO2.Sn/c1-2-4-6-5-3-1;2-1-3;/h1-5H;(H,2,3);/p-1. The molecule has 0 atom stereocenters. The van der Waals surface area contributed by atoms with Crippen molar-refractivity contribution < 1.29 is 0 Å². The molecule has 3 radical (unpaired) electrons. The molecule has 3 nitrogen and oxygen atoms in total. The van der Waals surface area contributed by atoms with Crippen LogP contribution in [0.4, 0.5) is 0 Å². The van der Waals surface area contributed by atoms with Gasteiger partial charge in [-0.3, -0.25) is 0 Å². The van der Waals surface area contributed by atoms with Crippen LogP contribution in [0.5, 0.6) is 0 Å². The van der Waals surface area contributed by atoms with Crippen molar-refractivity contribution in [2.24, 2.45) is 5.34 Å². The maximum atomic E-state index is 8.00. The molecular formula is C6H5NO2Sn-. The number of hydrogen-bond donors (Lipinski definition) is 0. The molecule has 0 saturated heterocycles. The van der Waals surface area contributed by atoms with E-state index in [1.165, 1.54) is 26.1 Å². The van der Waals surface area contributed by atoms with Crippen molar-refractivity contribution in [2.45, 2.75) is 0 Å². The Balaban J connectivity index is 0.000000236. The first-order valence-corrected chi connectivity index (χ1v) is 3.95. The number of hydrogen-bond acceptors (Lipinski definition) is 3. The number of benzene rings is 1. The van der Waals surface area contributed by atoms with Crippen molar-refractivity contribution >= 4 is 26.1 Å². The first-order valence-electron chi connectivity index (χ1n) is 2.53. The van der Waals surface area contributed by atoms with Gasteiger partial charge in [0, 0.05) is 0 Å². The van der Waals surface area contributed by atoms with E-state index in [0.717, 1.165) is 5.34 Å². The fourth-order valence-corrected chi connectivity index (χ4v) is 0.987. The number of rotatable bonds is 0. The monoisotopic (exact) mass is 243 g/mol. The molecule has 10 heavy (non-hydrogen) atoms. The van der Waals surface area contributed by atoms with Crippen molar-refractivity contribution in [1.29, 1.82) is 0 Å². The SMILES string of the molecule is O=N[O-].[Sn][c]1ccccc1. The van der Waals surface area contributed by atoms with E-state index in [9.17, 15) is 0 Å². The van der Waals surface area contributed by atoms with Crippen molar-refractivity contribution in [2.75, 3.05) is 0 Å². The first-order chi connectivity index (χ1) is 4.81. The van der Waals surface area contributed by atoms with Gasteiger partial charge in [-0.05, 0) is 0 Å². The molecule has 0 bridgehead atoms. The summed E-state index contributed by atoms with van der Waals surface area (Å²) in [5.74, 6) is 0. The fraction of sp³-hybridized carbons (Fsp3) is 0. The van der Waals surface area contributed by atoms with Crippen LogP contribution in [0.3, 0.4) is 0 Å². The summed E-state index contributed by atoms with van der Waals surface area (Å²) in [5.41, 5.74) is 0. The van der Waals surface area contributed by atoms with E-state index in [1.54, 1.807) is 0 Å². The summed E-state index contributed by atoms with van der Waals surface area (Å²) in [6, 6.07) is 10.4. The third-order valence-electron chi connectivity index (χ3n) is 0.774. The van der Waals surface area contributed by atoms with E-state index in [0.29, 0.717) is 0 Å². The topological polar surface area (TPSA) is 52.5 Å². The van der Waals surface area contributed by atoms with Crippen LogP contribution >= 0.6 is 0 Å². The van der Waals surface area contributed by atoms with Gasteiger partial charge in [-0.2, -0.15) is 0 Å². The van der Waals surface area contributed by atoms with Crippen LogP contribution in [0.2, 0.25) is 0 Å². The Hall–Kier alpha value is -0.581. The Kier molecular flexibility index (Phi) is 6.16. The second kappa shape index (κ2) is 6.54. The van der Waals surface area contributed by atoms with E-state index in [1.807, 2.05) is 6.07 Å². The van der Waals surface area contributed by atoms with Crippen LogP contribution in [0, 0.1) is 10.1 Å². The minimum atomic E-state index is 1.00. The Bertz CT molecular complexity index is 178. The van der Waals surface area contributed by atoms with E-state index in [2.05, 4.69) is 24.3 Å². The summed E-state index contributed by atoms with van der Waals surface area (Å²) in [6.45, 7) is 0. The van der Waals surface area contributed by atoms with E-state index in [4.69, 9.17) is 10.1 Å². The molecule has 1 rings (SSSR count). The Morgan fingerprint density at radius 1 is 1.30 bits per heavy atom. The van der Waals surface area contributed by atoms with Gasteiger partial charge in [-0.15, -0.1) is 5.34 Å². The third kappa shape index (κ3) is 5.55. The van der Waals surface area contributed by atoms with Crippen LogP contribution in [-0.2, 0) is 0 Å². The predicted molar refractivity (Wildman–Crippen MR) is 41.0 cm³/mol. The molecule has 0 heterocycles. The van der Waals surface area contributed by atoms with Gasteiger partial charge < -0.3 is 10.1 Å². The zero-order valence-corrected chi connectivity index (χ0v) is 8.00. The summed E-state index contributed by atoms with van der Waals surface area (Å²) < 4.78 is 1.41. The average Bonchev–Trinajstić information content (AvgIpc) is 1.91. The van der Waals surface area contributed by atoms with Gasteiger partial charge in [0.2, 0.25) is 0 Å². The molecule has 4 heteroatoms. The van der Waals surface area contributed by atoms with E-state index < -0.39 is 0 Å². The molecule has 0 N–H and O–H groups in total. The summed E-state index contributed by atoms with van der Waals surface area (Å²) in [4.78, 5) is 8.00. The molecule has 1 aromatic rings. The van der Waals surface area contributed by atoms with Crippen LogP contribution in [-0.4, -0.2) is 22.5 Å². The predicted octanol–water partition coefficient (Wildman–Crippen LogP) is 0.731. The molecule has 0 amide bonds. The first kappa shape index (κ1) is 9.42. The molecule has 0 unspecified atom stereocenters. The van der Waals surface area contributed by atoms with Gasteiger partial charge >= 0.3 is 56.4 Å². The summed E-state index contributed by atoms with van der Waals surface area (Å²) in [7, 11) is 0. The fourth-order valence-electron chi connectivity index (χ4n) is 0.438. The molecule has 0 saturated carbocycles. The number of nitrogens with zero attached hydrogens (tertiary/aromatic N) is 1. The minimum absolute atomic E-state index is 1.00. The van der Waals surface area contributed by atoms with Crippen LogP contribution in [0.15, 0.2) is 35.7 Å². The second-order valence-electron chi connectivity index (χ2n) is 1.44. The quantitative estimate of drug-likeness (QED) is 0.382. The van der Waals surface area contributed by atoms with Gasteiger partial charge in [0.15, 0.2) is 0 Å². The molecule has 0 aliphatic carbocycles. The van der Waals surface area contributed by atoms with Gasteiger partial charge in [-0.1, -0.05) is 0 Å². The average molecular weight is 242 g/mol. The molecule has 0 spiro atoms. The van der Waals surface area contributed by atoms with E-state index in [-0.39, 0.29) is 0 Å². The third-order valence-corrected chi connectivity index (χ3v) is 1.73. The van der Waals surface area contributed by atoms with Crippen molar-refractivity contribution in [3.8, 4) is 0 Å². The Morgan fingerprint density at radius 3 is 1.90 bits per heavy atom. The van der Waals surface area contributed by atoms with Gasteiger partial charge in [0.05, 0.1) is 0 Å².